The van der Waals surface area contributed by atoms with Gasteiger partial charge in [-0.3, -0.25) is 9.59 Å². The van der Waals surface area contributed by atoms with Gasteiger partial charge in [0.05, 0.1) is 22.3 Å². The van der Waals surface area contributed by atoms with Crippen LogP contribution in [0.25, 0.3) is 0 Å². The molecule has 0 bridgehead atoms. The number of benzene rings is 2. The largest absolute Gasteiger partial charge is 0.507 e. The van der Waals surface area contributed by atoms with Crippen LogP contribution in [0.15, 0.2) is 24.3 Å². The van der Waals surface area contributed by atoms with Gasteiger partial charge in [-0.15, -0.1) is 0 Å². The predicted molar refractivity (Wildman–Crippen MR) is 63.0 cm³/mol. The Balaban J connectivity index is 2.46. The van der Waals surface area contributed by atoms with Crippen LogP contribution in [0, 0.1) is 11.6 Å². The van der Waals surface area contributed by atoms with E-state index in [1.165, 1.54) is 0 Å². The van der Waals surface area contributed by atoms with Crippen molar-refractivity contribution in [1.29, 1.82) is 0 Å². The second kappa shape index (κ2) is 3.86. The fourth-order valence-corrected chi connectivity index (χ4v) is 2.29. The first kappa shape index (κ1) is 12.3. The molecule has 100 valence electrons. The number of hydrogen-bond donors (Lipinski definition) is 2. The zero-order valence-electron chi connectivity index (χ0n) is 9.78. The number of fused-ring (bicyclic) bond motifs is 2. The molecule has 0 aliphatic heterocycles. The first-order valence-electron chi connectivity index (χ1n) is 5.55. The lowest BCUT2D eigenvalue weighted by atomic mass is 9.82. The third-order valence-corrected chi connectivity index (χ3v) is 3.17. The summed E-state index contributed by atoms with van der Waals surface area (Å²) >= 11 is 0. The third kappa shape index (κ3) is 1.38. The van der Waals surface area contributed by atoms with E-state index in [0.717, 1.165) is 24.3 Å². The monoisotopic (exact) mass is 276 g/mol. The van der Waals surface area contributed by atoms with Crippen molar-refractivity contribution in [1.82, 2.24) is 0 Å². The van der Waals surface area contributed by atoms with E-state index in [-0.39, 0.29) is 0 Å². The molecule has 0 aromatic heterocycles. The predicted octanol–water partition coefficient (Wildman–Crippen LogP) is 2.15. The lowest BCUT2D eigenvalue weighted by Gasteiger charge is -2.19. The molecule has 6 heteroatoms. The number of phenols is 2. The number of aromatic hydroxyl groups is 2. The first-order chi connectivity index (χ1) is 9.43. The topological polar surface area (TPSA) is 74.6 Å². The minimum atomic E-state index is -1.06. The maximum absolute atomic E-state index is 13.7. The van der Waals surface area contributed by atoms with Gasteiger partial charge >= 0.3 is 0 Å². The van der Waals surface area contributed by atoms with Gasteiger partial charge in [0, 0.05) is 0 Å². The smallest absolute Gasteiger partial charge is 0.201 e. The quantitative estimate of drug-likeness (QED) is 0.617. The van der Waals surface area contributed by atoms with E-state index in [1.807, 2.05) is 0 Å². The number of carbonyl (C=O) groups excluding carboxylic acids is 2. The number of halogens is 2. The first-order valence-corrected chi connectivity index (χ1v) is 5.55. The van der Waals surface area contributed by atoms with Crippen molar-refractivity contribution < 1.29 is 28.6 Å². The Labute approximate surface area is 110 Å². The maximum Gasteiger partial charge on any atom is 0.201 e. The highest BCUT2D eigenvalue weighted by Gasteiger charge is 2.38. The Morgan fingerprint density at radius 2 is 1.00 bits per heavy atom. The number of ketones is 2. The maximum atomic E-state index is 13.7. The molecule has 3 rings (SSSR count). The van der Waals surface area contributed by atoms with E-state index < -0.39 is 57.0 Å². The second-order valence-corrected chi connectivity index (χ2v) is 4.29. The number of phenolic OH excluding ortho intramolecular Hbond substituents is 2. The molecular weight excluding hydrogens is 270 g/mol. The van der Waals surface area contributed by atoms with E-state index in [4.69, 9.17) is 0 Å². The van der Waals surface area contributed by atoms with E-state index in [1.54, 1.807) is 0 Å². The molecule has 0 unspecified atom stereocenters. The SMILES string of the molecule is O=C1c2c(O)ccc(O)c2C(=O)c2c(F)ccc(F)c21. The Kier molecular flexibility index (Phi) is 2.37. The van der Waals surface area contributed by atoms with Crippen LogP contribution in [0.3, 0.4) is 0 Å². The van der Waals surface area contributed by atoms with E-state index in [0.29, 0.717) is 0 Å². The van der Waals surface area contributed by atoms with Crippen LogP contribution in [0.1, 0.15) is 31.8 Å². The fraction of sp³-hybridized carbons (Fsp3) is 0. The van der Waals surface area contributed by atoms with E-state index in [9.17, 15) is 28.6 Å². The van der Waals surface area contributed by atoms with Crippen molar-refractivity contribution in [2.75, 3.05) is 0 Å². The summed E-state index contributed by atoms with van der Waals surface area (Å²) in [7, 11) is 0. The summed E-state index contributed by atoms with van der Waals surface area (Å²) in [5, 5.41) is 19.3. The average Bonchev–Trinajstić information content (AvgIpc) is 2.41. The standard InChI is InChI=1S/C14H6F2O4/c15-5-1-2-6(16)10-9(5)13(19)11-7(17)3-4-8(18)12(11)14(10)20/h1-4,17-18H. The molecule has 2 aromatic carbocycles. The number of rotatable bonds is 0. The van der Waals surface area contributed by atoms with Crippen molar-refractivity contribution in [2.24, 2.45) is 0 Å². The molecule has 2 N–H and O–H groups in total. The summed E-state index contributed by atoms with van der Waals surface area (Å²) in [6, 6.07) is 3.46. The highest BCUT2D eigenvalue weighted by molar-refractivity contribution is 6.30. The average molecular weight is 276 g/mol. The van der Waals surface area contributed by atoms with Crippen molar-refractivity contribution in [3.63, 3.8) is 0 Å². The Bertz CT molecular complexity index is 667. The van der Waals surface area contributed by atoms with Crippen LogP contribution in [0.5, 0.6) is 11.5 Å². The number of hydrogen-bond acceptors (Lipinski definition) is 4. The molecule has 0 atom stereocenters. The van der Waals surface area contributed by atoms with Crippen LogP contribution >= 0.6 is 0 Å². The van der Waals surface area contributed by atoms with Gasteiger partial charge < -0.3 is 10.2 Å². The zero-order valence-corrected chi connectivity index (χ0v) is 9.78. The highest BCUT2D eigenvalue weighted by Crippen LogP contribution is 2.38. The molecule has 0 amide bonds. The molecule has 0 saturated carbocycles. The zero-order chi connectivity index (χ0) is 14.6. The van der Waals surface area contributed by atoms with Crippen molar-refractivity contribution in [2.45, 2.75) is 0 Å². The molecular formula is C14H6F2O4. The van der Waals surface area contributed by atoms with Gasteiger partial charge in [0.25, 0.3) is 0 Å². The Hall–Kier alpha value is -2.76. The minimum Gasteiger partial charge on any atom is -0.507 e. The summed E-state index contributed by atoms with van der Waals surface area (Å²) in [6.45, 7) is 0. The van der Waals surface area contributed by atoms with Crippen molar-refractivity contribution in [3.8, 4) is 11.5 Å². The van der Waals surface area contributed by atoms with E-state index >= 15 is 0 Å². The Morgan fingerprint density at radius 1 is 0.650 bits per heavy atom. The second-order valence-electron chi connectivity index (χ2n) is 4.29. The summed E-state index contributed by atoms with van der Waals surface area (Å²) in [6.07, 6.45) is 0. The molecule has 2 aromatic rings. The fourth-order valence-electron chi connectivity index (χ4n) is 2.29. The summed E-state index contributed by atoms with van der Waals surface area (Å²) in [5.41, 5.74) is -2.51. The van der Waals surface area contributed by atoms with Gasteiger partial charge in [0.2, 0.25) is 11.6 Å². The molecule has 0 saturated heterocycles. The number of carbonyl (C=O) groups is 2. The molecule has 0 fully saturated rings. The molecule has 20 heavy (non-hydrogen) atoms. The van der Waals surface area contributed by atoms with E-state index in [2.05, 4.69) is 0 Å². The summed E-state index contributed by atoms with van der Waals surface area (Å²) in [4.78, 5) is 24.3. The van der Waals surface area contributed by atoms with Crippen LogP contribution < -0.4 is 0 Å². The minimum absolute atomic E-state index is 0.521. The summed E-state index contributed by atoms with van der Waals surface area (Å²) in [5.74, 6) is -5.36. The highest BCUT2D eigenvalue weighted by atomic mass is 19.1. The molecule has 0 radical (unpaired) electrons. The normalized spacial score (nSPS) is 13.1. The molecule has 0 heterocycles. The lowest BCUT2D eigenvalue weighted by molar-refractivity contribution is 0.0967. The van der Waals surface area contributed by atoms with Crippen LogP contribution in [0.4, 0.5) is 8.78 Å². The van der Waals surface area contributed by atoms with Gasteiger partial charge in [-0.25, -0.2) is 8.78 Å². The van der Waals surface area contributed by atoms with Crippen molar-refractivity contribution in [3.05, 3.63) is 58.2 Å². The van der Waals surface area contributed by atoms with Gasteiger partial charge in [0.15, 0.2) is 0 Å². The summed E-state index contributed by atoms with van der Waals surface area (Å²) < 4.78 is 27.4. The van der Waals surface area contributed by atoms with Gasteiger partial charge in [-0.2, -0.15) is 0 Å². The van der Waals surface area contributed by atoms with Crippen LogP contribution in [0.2, 0.25) is 0 Å². The third-order valence-electron chi connectivity index (χ3n) is 3.17. The molecule has 1 aliphatic rings. The van der Waals surface area contributed by atoms with Crippen LogP contribution in [-0.2, 0) is 0 Å². The van der Waals surface area contributed by atoms with Gasteiger partial charge in [-0.05, 0) is 24.3 Å². The van der Waals surface area contributed by atoms with Gasteiger partial charge in [0.1, 0.15) is 23.1 Å². The lowest BCUT2D eigenvalue weighted by Crippen LogP contribution is -2.24. The molecule has 4 nitrogen and oxygen atoms in total. The molecule has 0 spiro atoms. The Morgan fingerprint density at radius 3 is 1.35 bits per heavy atom. The van der Waals surface area contributed by atoms with Crippen molar-refractivity contribution >= 4 is 11.6 Å². The van der Waals surface area contributed by atoms with Crippen LogP contribution in [-0.4, -0.2) is 21.8 Å². The van der Waals surface area contributed by atoms with Gasteiger partial charge in [-0.1, -0.05) is 0 Å². The molecule has 1 aliphatic carbocycles.